The second kappa shape index (κ2) is 16.6. The maximum absolute atomic E-state index is 2.47. The van der Waals surface area contributed by atoms with Crippen LogP contribution in [0.2, 0.25) is 0 Å². The molecule has 0 saturated carbocycles. The zero-order valence-electron chi connectivity index (χ0n) is 46.0. The third-order valence-corrected chi connectivity index (χ3v) is 19.3. The van der Waals surface area contributed by atoms with Crippen molar-refractivity contribution in [2.75, 3.05) is 0 Å². The highest BCUT2D eigenvalue weighted by Crippen LogP contribution is 2.40. The summed E-state index contributed by atoms with van der Waals surface area (Å²) in [6, 6.07) is 0. The smallest absolute Gasteiger partial charge is 0.101 e. The molecule has 66 heavy (non-hydrogen) atoms. The Hall–Kier alpha value is -3.51. The van der Waals surface area contributed by atoms with Crippen LogP contribution in [-0.4, -0.2) is 204 Å². The first kappa shape index (κ1) is 48.9. The summed E-state index contributed by atoms with van der Waals surface area (Å²) in [4.78, 5) is 0. The number of rotatable bonds is 3. The molecule has 0 bridgehead atoms. The maximum atomic E-state index is 2.47. The van der Waals surface area contributed by atoms with E-state index < -0.39 is 0 Å². The minimum absolute atomic E-state index is 1.39. The van der Waals surface area contributed by atoms with E-state index in [-0.39, 0.29) is 0 Å². The molecule has 0 heterocycles. The fourth-order valence-corrected chi connectivity index (χ4v) is 13.4. The van der Waals surface area contributed by atoms with Crippen molar-refractivity contribution in [3.05, 3.63) is 0 Å². The van der Waals surface area contributed by atoms with Gasteiger partial charge in [-0.25, -0.2) is 0 Å². The van der Waals surface area contributed by atoms with Crippen LogP contribution in [0.1, 0.15) is 0 Å². The molecule has 0 aliphatic rings. The van der Waals surface area contributed by atoms with E-state index in [0.717, 1.165) is 0 Å². The largest absolute Gasteiger partial charge is 0.140 e. The van der Waals surface area contributed by atoms with Gasteiger partial charge in [-0.05, 0) is 76.5 Å². The molecule has 0 aliphatic carbocycles. The van der Waals surface area contributed by atoms with Gasteiger partial charge < -0.3 is 0 Å². The molecule has 0 atom stereocenters. The summed E-state index contributed by atoms with van der Waals surface area (Å²) >= 11 is 0. The van der Waals surface area contributed by atoms with Crippen LogP contribution in [0, 0.1) is 0 Å². The van der Waals surface area contributed by atoms with Crippen molar-refractivity contribution in [1.29, 1.82) is 0 Å². The Morgan fingerprint density at radius 3 is 0.576 bits per heavy atom. The summed E-state index contributed by atoms with van der Waals surface area (Å²) in [7, 11) is 62.1. The third-order valence-electron chi connectivity index (χ3n) is 19.3. The Balaban J connectivity index is 1.74. The van der Waals surface area contributed by atoms with Gasteiger partial charge in [0.25, 0.3) is 0 Å². The monoisotopic (exact) mass is 819 g/mol. The van der Waals surface area contributed by atoms with Gasteiger partial charge in [-0.1, -0.05) is 87.4 Å². The van der Waals surface area contributed by atoms with E-state index in [1.54, 1.807) is 0 Å². The minimum atomic E-state index is 1.39. The van der Waals surface area contributed by atoms with Crippen LogP contribution in [0.15, 0.2) is 0 Å². The number of hydrogen-bond acceptors (Lipinski definition) is 0. The second-order valence-corrected chi connectivity index (χ2v) is 21.5. The minimum Gasteiger partial charge on any atom is -0.101 e. The quantitative estimate of drug-likeness (QED) is 0.123. The third kappa shape index (κ3) is 6.29. The molecule has 0 N–H and O–H groups in total. The van der Waals surface area contributed by atoms with E-state index in [9.17, 15) is 0 Å². The molecule has 0 aromatic heterocycles. The van der Waals surface area contributed by atoms with Crippen molar-refractivity contribution in [1.82, 2.24) is 0 Å². The predicted molar refractivity (Wildman–Crippen MR) is 385 cm³/mol. The van der Waals surface area contributed by atoms with Gasteiger partial charge in [-0.15, -0.1) is 54.6 Å². The number of fused-ring (bicyclic) bond motifs is 4. The number of benzene rings is 8. The molecule has 0 nitrogen and oxygen atoms in total. The summed E-state index contributed by atoms with van der Waals surface area (Å²) in [6.45, 7) is 0. The highest BCUT2D eigenvalue weighted by Gasteiger charge is 2.31. The van der Waals surface area contributed by atoms with Gasteiger partial charge in [0.05, 0.1) is 0 Å². The van der Waals surface area contributed by atoms with Gasteiger partial charge in [0.2, 0.25) is 0 Å². The van der Waals surface area contributed by atoms with Gasteiger partial charge >= 0.3 is 0 Å². The molecular weight excluding hydrogens is 762 g/mol. The molecule has 0 fully saturated rings. The van der Waals surface area contributed by atoms with Crippen LogP contribution < -0.4 is 142 Å². The van der Waals surface area contributed by atoms with Crippen LogP contribution in [0.5, 0.6) is 0 Å². The zero-order valence-corrected chi connectivity index (χ0v) is 46.0. The fourth-order valence-electron chi connectivity index (χ4n) is 13.4. The second-order valence-electron chi connectivity index (χ2n) is 21.5. The van der Waals surface area contributed by atoms with Gasteiger partial charge in [0.15, 0.2) is 0 Å². The van der Waals surface area contributed by atoms with E-state index in [1.165, 1.54) is 219 Å². The van der Waals surface area contributed by atoms with Gasteiger partial charge in [0.1, 0.15) is 204 Å². The average molecular weight is 814 g/mol. The molecule has 0 unspecified atom stereocenters. The van der Waals surface area contributed by atoms with Crippen molar-refractivity contribution in [2.24, 2.45) is 0 Å². The van der Waals surface area contributed by atoms with E-state index in [2.05, 4.69) is 204 Å². The standard InChI is InChI=1S/C40H52B26/c41-15-9(25(51)32(58)28(54)12(15)11-16(42)13-14(24(50)23(11)49)30(56)40(66)39(65)29(13)55)2-6-3(18(44)33(59)35(61)20(6)46)1(4-7(2)21(47)36(62)34(60)19(4)45)5-8-10(26(52)31(57)17(5)43)27(53)38(64)37(63)22(8)48/h41-66H2. The molecule has 0 amide bonds. The summed E-state index contributed by atoms with van der Waals surface area (Å²) in [5.41, 5.74) is 45.1. The van der Waals surface area contributed by atoms with Crippen molar-refractivity contribution in [2.45, 2.75) is 0 Å². The van der Waals surface area contributed by atoms with Crippen molar-refractivity contribution >= 4 is 389 Å². The topological polar surface area (TPSA) is 0 Å². The van der Waals surface area contributed by atoms with Crippen LogP contribution in [0.25, 0.3) is 76.5 Å². The summed E-state index contributed by atoms with van der Waals surface area (Å²) < 4.78 is 0. The molecule has 0 radical (unpaired) electrons. The van der Waals surface area contributed by atoms with E-state index >= 15 is 0 Å². The molecule has 0 spiro atoms. The Kier molecular flexibility index (Phi) is 12.3. The SMILES string of the molecule is Bc1c(B)c(-c2c(B)c(B)c3c(B)c(B)c(B)c(B)c3c2B)c(B)c(-c2c3c(B)c(B)c(B)c(B)c3c(-c3c(B)c(B)c(B)c4c(B)c(B)c(B)c(B)c34)c3c(B)c(B)c(B)c(B)c23)c1B. The van der Waals surface area contributed by atoms with Crippen LogP contribution >= 0.6 is 0 Å². The van der Waals surface area contributed by atoms with Gasteiger partial charge in [0, 0.05) is 0 Å². The van der Waals surface area contributed by atoms with Crippen molar-refractivity contribution in [3.63, 3.8) is 0 Å². The van der Waals surface area contributed by atoms with Crippen molar-refractivity contribution < 1.29 is 0 Å². The van der Waals surface area contributed by atoms with Gasteiger partial charge in [-0.3, -0.25) is 0 Å². The summed E-state index contributed by atoms with van der Waals surface area (Å²) in [5, 5.41) is 11.5. The Bertz CT molecular complexity index is 3560. The lowest BCUT2D eigenvalue weighted by molar-refractivity contribution is 1.82. The van der Waals surface area contributed by atoms with E-state index in [0.29, 0.717) is 0 Å². The molecule has 8 aromatic rings. The Labute approximate surface area is 419 Å². The highest BCUT2D eigenvalue weighted by atomic mass is 14.3. The fraction of sp³-hybridized carbons (Fsp3) is 0. The Morgan fingerprint density at radius 1 is 0.0909 bits per heavy atom. The lowest BCUT2D eigenvalue weighted by atomic mass is 9.55. The number of hydrogen-bond donors (Lipinski definition) is 0. The normalized spacial score (nSPS) is 11.7. The Morgan fingerprint density at radius 2 is 0.242 bits per heavy atom. The molecule has 0 aliphatic heterocycles. The lowest BCUT2D eigenvalue weighted by Crippen LogP contribution is -2.53. The molecule has 8 rings (SSSR count). The summed E-state index contributed by atoms with van der Waals surface area (Å²) in [6.07, 6.45) is 0. The van der Waals surface area contributed by atoms with Gasteiger partial charge in [-0.2, -0.15) is 0 Å². The molecule has 26 heteroatoms. The van der Waals surface area contributed by atoms with E-state index in [4.69, 9.17) is 0 Å². The average Bonchev–Trinajstić information content (AvgIpc) is 3.28. The molecular formula is C40H52B26. The maximum Gasteiger partial charge on any atom is 0.140 e. The highest BCUT2D eigenvalue weighted by molar-refractivity contribution is 6.77. The first-order valence-corrected chi connectivity index (χ1v) is 24.8. The van der Waals surface area contributed by atoms with Crippen LogP contribution in [0.3, 0.4) is 0 Å². The summed E-state index contributed by atoms with van der Waals surface area (Å²) in [5.74, 6) is 0. The first-order chi connectivity index (χ1) is 30.7. The lowest BCUT2D eigenvalue weighted by Gasteiger charge is -2.33. The predicted octanol–water partition coefficient (Wildman–Crippen LogP) is -34.0. The zero-order chi connectivity index (χ0) is 49.1. The van der Waals surface area contributed by atoms with Crippen molar-refractivity contribution in [3.8, 4) is 33.4 Å². The molecule has 290 valence electrons. The molecule has 0 saturated heterocycles. The van der Waals surface area contributed by atoms with Crippen LogP contribution in [-0.2, 0) is 0 Å². The first-order valence-electron chi connectivity index (χ1n) is 24.8. The van der Waals surface area contributed by atoms with Crippen LogP contribution in [0.4, 0.5) is 0 Å². The van der Waals surface area contributed by atoms with E-state index in [1.807, 2.05) is 0 Å². The molecule has 8 aromatic carbocycles.